The third kappa shape index (κ3) is 3.87. The van der Waals surface area contributed by atoms with Gasteiger partial charge in [0.15, 0.2) is 0 Å². The fourth-order valence-corrected chi connectivity index (χ4v) is 2.73. The summed E-state index contributed by atoms with van der Waals surface area (Å²) in [4.78, 5) is 2.36. The second-order valence-corrected chi connectivity index (χ2v) is 5.53. The summed E-state index contributed by atoms with van der Waals surface area (Å²) in [6, 6.07) is 8.62. The Kier molecular flexibility index (Phi) is 5.08. The summed E-state index contributed by atoms with van der Waals surface area (Å²) in [5, 5.41) is 0. The van der Waals surface area contributed by atoms with Crippen LogP contribution in [-0.2, 0) is 0 Å². The van der Waals surface area contributed by atoms with Crippen molar-refractivity contribution >= 4 is 5.69 Å². The average molecular weight is 262 g/mol. The van der Waals surface area contributed by atoms with Crippen molar-refractivity contribution in [3.05, 3.63) is 24.3 Å². The average Bonchev–Trinajstić information content (AvgIpc) is 2.39. The molecule has 1 fully saturated rings. The highest BCUT2D eigenvalue weighted by molar-refractivity contribution is 5.58. The van der Waals surface area contributed by atoms with Gasteiger partial charge >= 0.3 is 0 Å². The van der Waals surface area contributed by atoms with Gasteiger partial charge < -0.3 is 15.4 Å². The summed E-state index contributed by atoms with van der Waals surface area (Å²) in [6.07, 6.45) is 4.81. The number of nitrogens with zero attached hydrogens (tertiary/aromatic N) is 1. The third-order valence-electron chi connectivity index (χ3n) is 3.69. The molecule has 2 unspecified atom stereocenters. The van der Waals surface area contributed by atoms with Crippen molar-refractivity contribution in [2.24, 2.45) is 5.73 Å². The largest absolute Gasteiger partial charge is 0.489 e. The number of hydrogen-bond donors (Lipinski definition) is 1. The molecule has 2 rings (SSSR count). The van der Waals surface area contributed by atoms with Crippen LogP contribution in [0, 0.1) is 0 Å². The lowest BCUT2D eigenvalue weighted by molar-refractivity contribution is 0.210. The fraction of sp³-hybridized carbons (Fsp3) is 0.625. The molecule has 0 saturated carbocycles. The molecule has 2 atom stereocenters. The van der Waals surface area contributed by atoms with E-state index in [0.29, 0.717) is 0 Å². The van der Waals surface area contributed by atoms with Crippen LogP contribution < -0.4 is 15.4 Å². The first-order valence-corrected chi connectivity index (χ1v) is 7.47. The smallest absolute Gasteiger partial charge is 0.142 e. The Balaban J connectivity index is 2.11. The molecule has 0 radical (unpaired) electrons. The van der Waals surface area contributed by atoms with Crippen molar-refractivity contribution in [3.63, 3.8) is 0 Å². The van der Waals surface area contributed by atoms with E-state index in [1.54, 1.807) is 0 Å². The van der Waals surface area contributed by atoms with Crippen molar-refractivity contribution in [3.8, 4) is 5.75 Å². The van der Waals surface area contributed by atoms with E-state index in [0.717, 1.165) is 38.1 Å². The van der Waals surface area contributed by atoms with Crippen LogP contribution in [-0.4, -0.2) is 25.2 Å². The summed E-state index contributed by atoms with van der Waals surface area (Å²) in [6.45, 7) is 6.34. The molecule has 1 saturated heterocycles. The lowest BCUT2D eigenvalue weighted by atomic mass is 10.1. The van der Waals surface area contributed by atoms with E-state index in [1.165, 1.54) is 12.1 Å². The molecular formula is C16H26N2O. The van der Waals surface area contributed by atoms with Crippen LogP contribution in [0.15, 0.2) is 24.3 Å². The maximum absolute atomic E-state index is 6.09. The molecule has 1 aliphatic heterocycles. The highest BCUT2D eigenvalue weighted by Gasteiger charge is 2.20. The van der Waals surface area contributed by atoms with Gasteiger partial charge in [-0.05, 0) is 38.3 Å². The summed E-state index contributed by atoms with van der Waals surface area (Å²) >= 11 is 0. The van der Waals surface area contributed by atoms with Gasteiger partial charge in [0.1, 0.15) is 5.75 Å². The van der Waals surface area contributed by atoms with Crippen molar-refractivity contribution < 1.29 is 4.74 Å². The number of rotatable bonds is 5. The highest BCUT2D eigenvalue weighted by Crippen LogP contribution is 2.31. The molecule has 106 valence electrons. The summed E-state index contributed by atoms with van der Waals surface area (Å²) in [5.41, 5.74) is 7.27. The van der Waals surface area contributed by atoms with Crippen LogP contribution in [0.5, 0.6) is 5.75 Å². The zero-order valence-electron chi connectivity index (χ0n) is 12.1. The molecule has 1 heterocycles. The van der Waals surface area contributed by atoms with Crippen molar-refractivity contribution in [1.29, 1.82) is 0 Å². The van der Waals surface area contributed by atoms with E-state index in [-0.39, 0.29) is 12.1 Å². The minimum absolute atomic E-state index is 0.268. The first kappa shape index (κ1) is 14.2. The fourth-order valence-electron chi connectivity index (χ4n) is 2.73. The minimum atomic E-state index is 0.268. The molecule has 1 aromatic rings. The van der Waals surface area contributed by atoms with Gasteiger partial charge in [0.25, 0.3) is 0 Å². The molecule has 0 spiro atoms. The number of anilines is 1. The second-order valence-electron chi connectivity index (χ2n) is 5.53. The van der Waals surface area contributed by atoms with Crippen LogP contribution in [0.4, 0.5) is 5.69 Å². The number of piperidine rings is 1. The van der Waals surface area contributed by atoms with Crippen LogP contribution in [0.2, 0.25) is 0 Å². The topological polar surface area (TPSA) is 38.5 Å². The van der Waals surface area contributed by atoms with Gasteiger partial charge in [-0.1, -0.05) is 25.5 Å². The Hall–Kier alpha value is -1.22. The highest BCUT2D eigenvalue weighted by atomic mass is 16.5. The summed E-state index contributed by atoms with van der Waals surface area (Å²) in [7, 11) is 0. The molecule has 3 heteroatoms. The number of benzene rings is 1. The standard InChI is InChI=1S/C16H26N2O/c1-3-7-13(2)19-16-10-5-4-9-15(16)18-11-6-8-14(17)12-18/h4-5,9-10,13-14H,3,6-8,11-12,17H2,1-2H3. The lowest BCUT2D eigenvalue weighted by Gasteiger charge is -2.34. The van der Waals surface area contributed by atoms with E-state index in [4.69, 9.17) is 10.5 Å². The summed E-state index contributed by atoms with van der Waals surface area (Å²) in [5.74, 6) is 0.998. The molecular weight excluding hydrogens is 236 g/mol. The van der Waals surface area contributed by atoms with Gasteiger partial charge in [0, 0.05) is 19.1 Å². The van der Waals surface area contributed by atoms with Crippen molar-refractivity contribution in [2.45, 2.75) is 51.7 Å². The van der Waals surface area contributed by atoms with Crippen LogP contribution in [0.1, 0.15) is 39.5 Å². The molecule has 0 bridgehead atoms. The van der Waals surface area contributed by atoms with E-state index < -0.39 is 0 Å². The minimum Gasteiger partial charge on any atom is -0.489 e. The molecule has 0 aromatic heterocycles. The number of para-hydroxylation sites is 2. The van der Waals surface area contributed by atoms with Gasteiger partial charge in [0.2, 0.25) is 0 Å². The Morgan fingerprint density at radius 2 is 2.21 bits per heavy atom. The second kappa shape index (κ2) is 6.80. The van der Waals surface area contributed by atoms with E-state index in [9.17, 15) is 0 Å². The van der Waals surface area contributed by atoms with Crippen molar-refractivity contribution in [1.82, 2.24) is 0 Å². The van der Waals surface area contributed by atoms with E-state index >= 15 is 0 Å². The van der Waals surface area contributed by atoms with E-state index in [1.807, 2.05) is 6.07 Å². The third-order valence-corrected chi connectivity index (χ3v) is 3.69. The van der Waals surface area contributed by atoms with Gasteiger partial charge in [-0.25, -0.2) is 0 Å². The number of nitrogens with two attached hydrogens (primary N) is 1. The van der Waals surface area contributed by atoms with Gasteiger partial charge in [-0.3, -0.25) is 0 Å². The molecule has 1 aromatic carbocycles. The Labute approximate surface area is 116 Å². The molecule has 0 amide bonds. The Bertz CT molecular complexity index is 394. The SMILES string of the molecule is CCCC(C)Oc1ccccc1N1CCCC(N)C1. The monoisotopic (exact) mass is 262 g/mol. The molecule has 0 aliphatic carbocycles. The number of ether oxygens (including phenoxy) is 1. The first-order valence-electron chi connectivity index (χ1n) is 7.47. The zero-order valence-corrected chi connectivity index (χ0v) is 12.1. The quantitative estimate of drug-likeness (QED) is 0.885. The number of hydrogen-bond acceptors (Lipinski definition) is 3. The van der Waals surface area contributed by atoms with Gasteiger partial charge in [-0.15, -0.1) is 0 Å². The maximum atomic E-state index is 6.09. The van der Waals surface area contributed by atoms with Crippen LogP contribution >= 0.6 is 0 Å². The summed E-state index contributed by atoms with van der Waals surface area (Å²) < 4.78 is 6.09. The molecule has 19 heavy (non-hydrogen) atoms. The normalized spacial score (nSPS) is 21.2. The predicted molar refractivity (Wildman–Crippen MR) is 80.9 cm³/mol. The maximum Gasteiger partial charge on any atom is 0.142 e. The van der Waals surface area contributed by atoms with Crippen molar-refractivity contribution in [2.75, 3.05) is 18.0 Å². The van der Waals surface area contributed by atoms with Crippen LogP contribution in [0.25, 0.3) is 0 Å². The van der Waals surface area contributed by atoms with E-state index in [2.05, 4.69) is 36.9 Å². The van der Waals surface area contributed by atoms with Gasteiger partial charge in [-0.2, -0.15) is 0 Å². The predicted octanol–water partition coefficient (Wildman–Crippen LogP) is 3.18. The Morgan fingerprint density at radius 3 is 2.95 bits per heavy atom. The Morgan fingerprint density at radius 1 is 1.42 bits per heavy atom. The van der Waals surface area contributed by atoms with Crippen LogP contribution in [0.3, 0.4) is 0 Å². The zero-order chi connectivity index (χ0) is 13.7. The first-order chi connectivity index (χ1) is 9.20. The lowest BCUT2D eigenvalue weighted by Crippen LogP contribution is -2.43. The van der Waals surface area contributed by atoms with Gasteiger partial charge in [0.05, 0.1) is 11.8 Å². The molecule has 1 aliphatic rings. The molecule has 2 N–H and O–H groups in total. The molecule has 3 nitrogen and oxygen atoms in total.